The Bertz CT molecular complexity index is 522. The van der Waals surface area contributed by atoms with Crippen LogP contribution in [0.5, 0.6) is 5.75 Å². The van der Waals surface area contributed by atoms with Crippen LogP contribution in [0.15, 0.2) is 24.3 Å². The second-order valence-corrected chi connectivity index (χ2v) is 6.39. The van der Waals surface area contributed by atoms with Crippen LogP contribution in [0.1, 0.15) is 20.8 Å². The average molecular weight is 322 g/mol. The third-order valence-electron chi connectivity index (χ3n) is 3.37. The van der Waals surface area contributed by atoms with Crippen LogP contribution in [-0.2, 0) is 4.74 Å². The maximum atomic E-state index is 12.0. The van der Waals surface area contributed by atoms with Crippen LogP contribution in [0.4, 0.5) is 10.5 Å². The lowest BCUT2D eigenvalue weighted by atomic mass is 10.2. The van der Waals surface area contributed by atoms with Gasteiger partial charge < -0.3 is 29.2 Å². The smallest absolute Gasteiger partial charge is 0.512 e. The summed E-state index contributed by atoms with van der Waals surface area (Å²) in [5, 5.41) is 17.5. The van der Waals surface area contributed by atoms with Crippen LogP contribution in [0.25, 0.3) is 0 Å². The number of hydrogen-bond donors (Lipinski definition) is 2. The molecule has 1 aliphatic rings. The Morgan fingerprint density at radius 2 is 1.65 bits per heavy atom. The molecule has 0 aromatic heterocycles. The van der Waals surface area contributed by atoms with E-state index in [0.29, 0.717) is 31.9 Å². The lowest BCUT2D eigenvalue weighted by Gasteiger charge is -2.36. The van der Waals surface area contributed by atoms with Gasteiger partial charge in [-0.3, -0.25) is 0 Å². The molecular weight excluding hydrogens is 299 g/mol. The van der Waals surface area contributed by atoms with Gasteiger partial charge in [0.15, 0.2) is 0 Å². The number of rotatable bonds is 3. The highest BCUT2D eigenvalue weighted by Crippen LogP contribution is 2.21. The van der Waals surface area contributed by atoms with E-state index < -0.39 is 12.9 Å². The number of ether oxygens (including phenoxy) is 1. The van der Waals surface area contributed by atoms with Crippen molar-refractivity contribution in [2.24, 2.45) is 0 Å². The van der Waals surface area contributed by atoms with Crippen molar-refractivity contribution in [1.82, 2.24) is 4.90 Å². The first-order chi connectivity index (χ1) is 10.7. The van der Waals surface area contributed by atoms with Crippen molar-refractivity contribution >= 4 is 19.1 Å². The minimum absolute atomic E-state index is 0.280. The molecule has 0 radical (unpaired) electrons. The Balaban J connectivity index is 1.88. The molecule has 1 aliphatic heterocycles. The van der Waals surface area contributed by atoms with E-state index in [4.69, 9.17) is 19.4 Å². The predicted molar refractivity (Wildman–Crippen MR) is 87.3 cm³/mol. The number of carbonyl (C=O) groups is 1. The predicted octanol–water partition coefficient (Wildman–Crippen LogP) is 1.09. The van der Waals surface area contributed by atoms with Gasteiger partial charge in [-0.05, 0) is 45.0 Å². The van der Waals surface area contributed by atoms with Gasteiger partial charge in [0.05, 0.1) is 0 Å². The van der Waals surface area contributed by atoms with Gasteiger partial charge in [0, 0.05) is 31.9 Å². The maximum absolute atomic E-state index is 12.0. The molecule has 1 aromatic carbocycles. The van der Waals surface area contributed by atoms with Gasteiger partial charge in [-0.1, -0.05) is 0 Å². The third kappa shape index (κ3) is 5.33. The van der Waals surface area contributed by atoms with E-state index >= 15 is 0 Å². The molecule has 2 rings (SSSR count). The number of piperazine rings is 1. The van der Waals surface area contributed by atoms with Gasteiger partial charge in [-0.15, -0.1) is 0 Å². The number of hydrogen-bond acceptors (Lipinski definition) is 6. The number of anilines is 1. The van der Waals surface area contributed by atoms with E-state index in [9.17, 15) is 4.79 Å². The largest absolute Gasteiger partial charge is 0.707 e. The lowest BCUT2D eigenvalue weighted by molar-refractivity contribution is 0.0240. The molecule has 2 N–H and O–H groups in total. The molecule has 0 aliphatic carbocycles. The van der Waals surface area contributed by atoms with Crippen LogP contribution >= 0.6 is 0 Å². The summed E-state index contributed by atoms with van der Waals surface area (Å²) >= 11 is 0. The van der Waals surface area contributed by atoms with Crippen molar-refractivity contribution in [3.63, 3.8) is 0 Å². The molecular formula is C15H23BN2O5. The highest BCUT2D eigenvalue weighted by atomic mass is 16.6. The van der Waals surface area contributed by atoms with Crippen molar-refractivity contribution < 1.29 is 24.2 Å². The zero-order valence-electron chi connectivity index (χ0n) is 13.7. The fraction of sp³-hybridized carbons (Fsp3) is 0.533. The zero-order valence-corrected chi connectivity index (χ0v) is 13.7. The lowest BCUT2D eigenvalue weighted by Crippen LogP contribution is -2.50. The van der Waals surface area contributed by atoms with E-state index in [-0.39, 0.29) is 6.09 Å². The molecule has 8 heteroatoms. The summed E-state index contributed by atoms with van der Waals surface area (Å²) < 4.78 is 10.1. The minimum Gasteiger partial charge on any atom is -0.512 e. The quantitative estimate of drug-likeness (QED) is 0.811. The highest BCUT2D eigenvalue weighted by molar-refractivity contribution is 6.33. The molecule has 1 fully saturated rings. The van der Waals surface area contributed by atoms with Crippen LogP contribution in [0, 0.1) is 0 Å². The first-order valence-corrected chi connectivity index (χ1v) is 7.60. The summed E-state index contributed by atoms with van der Waals surface area (Å²) in [4.78, 5) is 15.9. The molecule has 1 saturated heterocycles. The summed E-state index contributed by atoms with van der Waals surface area (Å²) in [6.45, 7) is 8.19. The van der Waals surface area contributed by atoms with Crippen LogP contribution in [0.2, 0.25) is 0 Å². The molecule has 23 heavy (non-hydrogen) atoms. The summed E-state index contributed by atoms with van der Waals surface area (Å²) in [5.41, 5.74) is 0.509. The zero-order chi connectivity index (χ0) is 17.0. The topological polar surface area (TPSA) is 82.5 Å². The van der Waals surface area contributed by atoms with Crippen LogP contribution in [0.3, 0.4) is 0 Å². The molecule has 7 nitrogen and oxygen atoms in total. The van der Waals surface area contributed by atoms with Crippen molar-refractivity contribution in [3.8, 4) is 5.75 Å². The third-order valence-corrected chi connectivity index (χ3v) is 3.37. The molecule has 0 saturated carbocycles. The number of carbonyl (C=O) groups excluding carboxylic acids is 1. The van der Waals surface area contributed by atoms with E-state index in [1.807, 2.05) is 32.9 Å². The standard InChI is InChI=1S/C15H23BN2O5/c1-15(2,3)22-14(19)18-10-8-17(9-11-18)12-4-6-13(7-5-12)23-16(20)21/h4-7,20-21H,8-11H2,1-3H3. The molecule has 1 heterocycles. The van der Waals surface area contributed by atoms with E-state index in [1.165, 1.54) is 0 Å². The van der Waals surface area contributed by atoms with Gasteiger partial charge in [0.2, 0.25) is 0 Å². The van der Waals surface area contributed by atoms with E-state index in [0.717, 1.165) is 5.69 Å². The maximum Gasteiger partial charge on any atom is 0.707 e. The molecule has 0 spiro atoms. The number of nitrogens with zero attached hydrogens (tertiary/aromatic N) is 2. The minimum atomic E-state index is -1.82. The van der Waals surface area contributed by atoms with Gasteiger partial charge in [0.1, 0.15) is 11.4 Å². The highest BCUT2D eigenvalue weighted by Gasteiger charge is 2.26. The van der Waals surface area contributed by atoms with E-state index in [2.05, 4.69) is 4.90 Å². The molecule has 0 atom stereocenters. The number of benzene rings is 1. The first-order valence-electron chi connectivity index (χ1n) is 7.60. The van der Waals surface area contributed by atoms with E-state index in [1.54, 1.807) is 17.0 Å². The van der Waals surface area contributed by atoms with Gasteiger partial charge in [0.25, 0.3) is 0 Å². The van der Waals surface area contributed by atoms with Gasteiger partial charge >= 0.3 is 13.4 Å². The second kappa shape index (κ2) is 7.10. The van der Waals surface area contributed by atoms with Crippen molar-refractivity contribution in [2.75, 3.05) is 31.1 Å². The molecule has 1 amide bonds. The van der Waals surface area contributed by atoms with Crippen molar-refractivity contribution in [1.29, 1.82) is 0 Å². The Morgan fingerprint density at radius 1 is 1.09 bits per heavy atom. The molecule has 1 aromatic rings. The number of amides is 1. The Kier molecular flexibility index (Phi) is 5.38. The Hall–Kier alpha value is -1.93. The normalized spacial score (nSPS) is 15.3. The monoisotopic (exact) mass is 322 g/mol. The van der Waals surface area contributed by atoms with Crippen molar-refractivity contribution in [3.05, 3.63) is 24.3 Å². The van der Waals surface area contributed by atoms with Gasteiger partial charge in [-0.25, -0.2) is 4.79 Å². The average Bonchev–Trinajstić information content (AvgIpc) is 2.46. The first kappa shape index (κ1) is 17.4. The summed E-state index contributed by atoms with van der Waals surface area (Å²) in [6.07, 6.45) is -0.280. The molecule has 0 unspecified atom stereocenters. The SMILES string of the molecule is CC(C)(C)OC(=O)N1CCN(c2ccc(OB(O)O)cc2)CC1. The Labute approximate surface area is 136 Å². The van der Waals surface area contributed by atoms with Gasteiger partial charge in [-0.2, -0.15) is 0 Å². The fourth-order valence-electron chi connectivity index (χ4n) is 2.33. The van der Waals surface area contributed by atoms with Crippen LogP contribution in [-0.4, -0.2) is 60.1 Å². The fourth-order valence-corrected chi connectivity index (χ4v) is 2.33. The Morgan fingerprint density at radius 3 is 2.13 bits per heavy atom. The summed E-state index contributed by atoms with van der Waals surface area (Å²) in [6, 6.07) is 7.05. The summed E-state index contributed by atoms with van der Waals surface area (Å²) in [5.74, 6) is 0.385. The molecule has 126 valence electrons. The van der Waals surface area contributed by atoms with Crippen LogP contribution < -0.4 is 9.55 Å². The molecule has 0 bridgehead atoms. The summed E-state index contributed by atoms with van der Waals surface area (Å²) in [7, 11) is -1.82. The van der Waals surface area contributed by atoms with Crippen molar-refractivity contribution in [2.45, 2.75) is 26.4 Å². The second-order valence-electron chi connectivity index (χ2n) is 6.39.